The zero-order chi connectivity index (χ0) is 19.5. The van der Waals surface area contributed by atoms with Crippen LogP contribution in [0.3, 0.4) is 0 Å². The molecule has 1 aliphatic rings. The average Bonchev–Trinajstić information content (AvgIpc) is 3.08. The highest BCUT2D eigenvalue weighted by Gasteiger charge is 2.23. The highest BCUT2D eigenvalue weighted by Crippen LogP contribution is 2.29. The van der Waals surface area contributed by atoms with Gasteiger partial charge in [-0.2, -0.15) is 0 Å². The van der Waals surface area contributed by atoms with E-state index in [1.165, 1.54) is 13.2 Å². The summed E-state index contributed by atoms with van der Waals surface area (Å²) in [6.07, 6.45) is 4.94. The first-order chi connectivity index (χ1) is 13.7. The van der Waals surface area contributed by atoms with Gasteiger partial charge in [-0.1, -0.05) is 24.6 Å². The number of aromatic nitrogens is 1. The number of fused-ring (bicyclic) bond motifs is 2. The minimum Gasteiger partial charge on any atom is -0.463 e. The molecule has 0 fully saturated rings. The van der Waals surface area contributed by atoms with E-state index < -0.39 is 11.9 Å². The molecule has 0 N–H and O–H groups in total. The monoisotopic (exact) mass is 379 g/mol. The number of hydrogen-bond acceptors (Lipinski definition) is 6. The summed E-state index contributed by atoms with van der Waals surface area (Å²) in [6, 6.07) is 10.8. The average molecular weight is 379 g/mol. The van der Waals surface area contributed by atoms with E-state index in [0.29, 0.717) is 11.3 Å². The van der Waals surface area contributed by atoms with Gasteiger partial charge in [0.25, 0.3) is 0 Å². The minimum atomic E-state index is -0.567. The van der Waals surface area contributed by atoms with Crippen molar-refractivity contribution in [1.29, 1.82) is 0 Å². The number of carbonyl (C=O) groups excluding carboxylic acids is 2. The summed E-state index contributed by atoms with van der Waals surface area (Å²) >= 11 is 0. The van der Waals surface area contributed by atoms with E-state index in [9.17, 15) is 9.59 Å². The lowest BCUT2D eigenvalue weighted by atomic mass is 9.97. The van der Waals surface area contributed by atoms with E-state index >= 15 is 0 Å². The summed E-state index contributed by atoms with van der Waals surface area (Å²) in [6.45, 7) is -0.0543. The number of carbonyl (C=O) groups is 2. The van der Waals surface area contributed by atoms with Gasteiger partial charge in [0.15, 0.2) is 0 Å². The largest absolute Gasteiger partial charge is 0.463 e. The molecule has 2 heterocycles. The Bertz CT molecular complexity index is 1040. The van der Waals surface area contributed by atoms with E-state index in [4.69, 9.17) is 14.1 Å². The Labute approximate surface area is 162 Å². The summed E-state index contributed by atoms with van der Waals surface area (Å²) < 4.78 is 15.5. The van der Waals surface area contributed by atoms with Gasteiger partial charge in [-0.15, -0.1) is 0 Å². The number of esters is 2. The summed E-state index contributed by atoms with van der Waals surface area (Å²) in [4.78, 5) is 29.3. The summed E-state index contributed by atoms with van der Waals surface area (Å²) in [5.41, 5.74) is 3.40. The lowest BCUT2D eigenvalue weighted by molar-refractivity contribution is 0.0439. The van der Waals surface area contributed by atoms with Gasteiger partial charge < -0.3 is 13.9 Å². The lowest BCUT2D eigenvalue weighted by Crippen LogP contribution is -2.12. The molecule has 0 saturated heterocycles. The maximum Gasteiger partial charge on any atom is 0.373 e. The molecule has 1 aliphatic carbocycles. The van der Waals surface area contributed by atoms with Gasteiger partial charge in [0.1, 0.15) is 12.4 Å². The second-order valence-corrected chi connectivity index (χ2v) is 6.82. The van der Waals surface area contributed by atoms with Crippen molar-refractivity contribution in [3.63, 3.8) is 0 Å². The molecule has 0 atom stereocenters. The van der Waals surface area contributed by atoms with Gasteiger partial charge >= 0.3 is 11.9 Å². The van der Waals surface area contributed by atoms with Crippen molar-refractivity contribution in [3.8, 4) is 0 Å². The highest BCUT2D eigenvalue weighted by atomic mass is 16.5. The molecule has 28 heavy (non-hydrogen) atoms. The van der Waals surface area contributed by atoms with Gasteiger partial charge in [0, 0.05) is 11.1 Å². The van der Waals surface area contributed by atoms with E-state index in [1.807, 2.05) is 24.3 Å². The van der Waals surface area contributed by atoms with Crippen molar-refractivity contribution < 1.29 is 23.5 Å². The van der Waals surface area contributed by atoms with Crippen LogP contribution in [-0.4, -0.2) is 24.0 Å². The number of rotatable bonds is 4. The third-order valence-electron chi connectivity index (χ3n) is 5.02. The molecule has 4 rings (SSSR count). The Balaban J connectivity index is 1.64. The van der Waals surface area contributed by atoms with Crippen molar-refractivity contribution in [2.75, 3.05) is 7.11 Å². The molecule has 0 radical (unpaired) electrons. The van der Waals surface area contributed by atoms with E-state index in [1.54, 1.807) is 6.07 Å². The maximum absolute atomic E-state index is 13.0. The van der Waals surface area contributed by atoms with Crippen LogP contribution in [0.5, 0.6) is 0 Å². The van der Waals surface area contributed by atoms with E-state index in [0.717, 1.165) is 54.3 Å². The third kappa shape index (κ3) is 3.50. The molecule has 1 aromatic carbocycles. The zero-order valence-corrected chi connectivity index (χ0v) is 15.7. The molecule has 0 bridgehead atoms. The van der Waals surface area contributed by atoms with E-state index in [-0.39, 0.29) is 12.4 Å². The first kappa shape index (κ1) is 18.2. The second-order valence-electron chi connectivity index (χ2n) is 6.82. The van der Waals surface area contributed by atoms with Crippen LogP contribution >= 0.6 is 0 Å². The molecule has 0 saturated carbocycles. The second kappa shape index (κ2) is 7.84. The van der Waals surface area contributed by atoms with Crippen LogP contribution in [0, 0.1) is 0 Å². The number of ether oxygens (including phenoxy) is 2. The number of methoxy groups -OCH3 is 1. The SMILES string of the molecule is COC(=O)c1ccc(COC(=O)c2c3c(nc4ccccc24)CCCCC3)o1. The minimum absolute atomic E-state index is 0.0543. The number of aryl methyl sites for hydroxylation is 1. The highest BCUT2D eigenvalue weighted by molar-refractivity contribution is 6.05. The topological polar surface area (TPSA) is 78.6 Å². The third-order valence-corrected chi connectivity index (χ3v) is 5.02. The first-order valence-electron chi connectivity index (χ1n) is 9.42. The van der Waals surface area contributed by atoms with Crippen molar-refractivity contribution in [2.24, 2.45) is 0 Å². The fourth-order valence-electron chi connectivity index (χ4n) is 3.66. The van der Waals surface area contributed by atoms with Crippen LogP contribution in [0.4, 0.5) is 0 Å². The quantitative estimate of drug-likeness (QED) is 0.498. The molecule has 3 aromatic rings. The number of para-hydroxylation sites is 1. The number of furan rings is 1. The van der Waals surface area contributed by atoms with Gasteiger partial charge in [-0.3, -0.25) is 4.98 Å². The van der Waals surface area contributed by atoms with Crippen LogP contribution in [0.15, 0.2) is 40.8 Å². The molecule has 0 unspecified atom stereocenters. The van der Waals surface area contributed by atoms with Crippen LogP contribution < -0.4 is 0 Å². The van der Waals surface area contributed by atoms with Gasteiger partial charge in [0.2, 0.25) is 5.76 Å². The Kier molecular flexibility index (Phi) is 5.10. The van der Waals surface area contributed by atoms with Crippen LogP contribution in [-0.2, 0) is 28.9 Å². The number of hydrogen-bond donors (Lipinski definition) is 0. The Hall–Kier alpha value is -3.15. The van der Waals surface area contributed by atoms with Gasteiger partial charge in [0.05, 0.1) is 18.2 Å². The number of nitrogens with zero attached hydrogens (tertiary/aromatic N) is 1. The standard InChI is InChI=1S/C22H21NO5/c1-26-21(24)19-12-11-14(28-19)13-27-22(25)20-15-7-3-2-4-9-17(15)23-18-10-6-5-8-16(18)20/h5-6,8,10-12H,2-4,7,9,13H2,1H3. The van der Waals surface area contributed by atoms with Crippen molar-refractivity contribution in [3.05, 3.63) is 64.7 Å². The van der Waals surface area contributed by atoms with Crippen LogP contribution in [0.2, 0.25) is 0 Å². The molecule has 6 nitrogen and oxygen atoms in total. The maximum atomic E-state index is 13.0. The molecule has 0 spiro atoms. The Morgan fingerprint density at radius 2 is 1.86 bits per heavy atom. The molecule has 6 heteroatoms. The van der Waals surface area contributed by atoms with Crippen molar-refractivity contribution in [1.82, 2.24) is 4.98 Å². The molecule has 2 aromatic heterocycles. The Morgan fingerprint density at radius 3 is 2.71 bits per heavy atom. The van der Waals surface area contributed by atoms with Gasteiger partial charge in [-0.25, -0.2) is 9.59 Å². The number of benzene rings is 1. The summed E-state index contributed by atoms with van der Waals surface area (Å²) in [7, 11) is 1.28. The molecule has 144 valence electrons. The predicted molar refractivity (Wildman–Crippen MR) is 102 cm³/mol. The molecular formula is C22H21NO5. The lowest BCUT2D eigenvalue weighted by Gasteiger charge is -2.14. The van der Waals surface area contributed by atoms with Gasteiger partial charge in [-0.05, 0) is 49.4 Å². The molecular weight excluding hydrogens is 358 g/mol. The number of pyridine rings is 1. The first-order valence-corrected chi connectivity index (χ1v) is 9.42. The van der Waals surface area contributed by atoms with Crippen LogP contribution in [0.25, 0.3) is 10.9 Å². The normalized spacial score (nSPS) is 13.6. The predicted octanol–water partition coefficient (Wildman–Crippen LogP) is 4.24. The zero-order valence-electron chi connectivity index (χ0n) is 15.7. The fourth-order valence-corrected chi connectivity index (χ4v) is 3.66. The van der Waals surface area contributed by atoms with Crippen molar-refractivity contribution >= 4 is 22.8 Å². The van der Waals surface area contributed by atoms with E-state index in [2.05, 4.69) is 4.74 Å². The fraction of sp³-hybridized carbons (Fsp3) is 0.318. The smallest absolute Gasteiger partial charge is 0.373 e. The van der Waals surface area contributed by atoms with Crippen LogP contribution in [0.1, 0.15) is 57.2 Å². The Morgan fingerprint density at radius 1 is 1.04 bits per heavy atom. The van der Waals surface area contributed by atoms with Crippen molar-refractivity contribution in [2.45, 2.75) is 38.7 Å². The molecule has 0 aliphatic heterocycles. The summed E-state index contributed by atoms with van der Waals surface area (Å²) in [5.74, 6) is -0.495. The summed E-state index contributed by atoms with van der Waals surface area (Å²) in [5, 5.41) is 0.808. The molecule has 0 amide bonds.